The van der Waals surface area contributed by atoms with Gasteiger partial charge in [0.15, 0.2) is 5.78 Å². The number of aromatic nitrogens is 1. The van der Waals surface area contributed by atoms with E-state index in [-0.39, 0.29) is 5.78 Å². The summed E-state index contributed by atoms with van der Waals surface area (Å²) in [6.45, 7) is 5.83. The fourth-order valence-corrected chi connectivity index (χ4v) is 0.709. The van der Waals surface area contributed by atoms with Gasteiger partial charge in [0.25, 0.3) is 0 Å². The number of carbonyl (C=O) groups is 1. The van der Waals surface area contributed by atoms with Crippen LogP contribution in [0.25, 0.3) is 0 Å². The Morgan fingerprint density at radius 3 is 2.50 bits per heavy atom. The second-order valence-electron chi connectivity index (χ2n) is 1.99. The summed E-state index contributed by atoms with van der Waals surface area (Å²) in [4.78, 5) is 14.9. The van der Waals surface area contributed by atoms with E-state index in [2.05, 4.69) is 4.98 Å². The monoisotopic (exact) mass is 165 g/mol. The molecule has 1 rings (SSSR count). The molecular formula is C10H15NO. The van der Waals surface area contributed by atoms with Gasteiger partial charge in [0.2, 0.25) is 0 Å². The van der Waals surface area contributed by atoms with Crippen LogP contribution in [0.4, 0.5) is 0 Å². The highest BCUT2D eigenvalue weighted by Crippen LogP contribution is 1.96. The van der Waals surface area contributed by atoms with Crippen molar-refractivity contribution in [2.45, 2.75) is 27.2 Å². The van der Waals surface area contributed by atoms with Crippen LogP contribution >= 0.6 is 0 Å². The van der Waals surface area contributed by atoms with Crippen molar-refractivity contribution in [3.05, 3.63) is 30.1 Å². The fourth-order valence-electron chi connectivity index (χ4n) is 0.709. The molecule has 0 saturated carbocycles. The van der Waals surface area contributed by atoms with Crippen molar-refractivity contribution in [3.63, 3.8) is 0 Å². The normalized spacial score (nSPS) is 8.25. The maximum absolute atomic E-state index is 11.0. The Labute approximate surface area is 73.6 Å². The molecule has 1 aromatic heterocycles. The molecule has 0 spiro atoms. The molecule has 0 amide bonds. The Morgan fingerprint density at radius 2 is 2.08 bits per heavy atom. The zero-order chi connectivity index (χ0) is 9.40. The van der Waals surface area contributed by atoms with Crippen LogP contribution in [0.15, 0.2) is 24.4 Å². The molecule has 66 valence electrons. The van der Waals surface area contributed by atoms with E-state index in [0.29, 0.717) is 12.1 Å². The Hall–Kier alpha value is -1.18. The van der Waals surface area contributed by atoms with E-state index >= 15 is 0 Å². The summed E-state index contributed by atoms with van der Waals surface area (Å²) in [6.07, 6.45) is 2.15. The molecule has 2 heteroatoms. The lowest BCUT2D eigenvalue weighted by atomic mass is 10.2. The predicted octanol–water partition coefficient (Wildman–Crippen LogP) is 2.70. The highest BCUT2D eigenvalue weighted by atomic mass is 16.1. The first kappa shape index (κ1) is 10.8. The van der Waals surface area contributed by atoms with E-state index in [1.165, 1.54) is 0 Å². The van der Waals surface area contributed by atoms with Crippen LogP contribution in [0.5, 0.6) is 0 Å². The fraction of sp³-hybridized carbons (Fsp3) is 0.400. The molecule has 0 aliphatic heterocycles. The van der Waals surface area contributed by atoms with Crippen molar-refractivity contribution in [3.8, 4) is 0 Å². The lowest BCUT2D eigenvalue weighted by molar-refractivity contribution is 0.0983. The Morgan fingerprint density at radius 1 is 1.42 bits per heavy atom. The average Bonchev–Trinajstić information content (AvgIpc) is 2.21. The minimum absolute atomic E-state index is 0.0978. The molecule has 2 nitrogen and oxygen atoms in total. The summed E-state index contributed by atoms with van der Waals surface area (Å²) in [7, 11) is 0. The van der Waals surface area contributed by atoms with Gasteiger partial charge in [0.05, 0.1) is 0 Å². The quantitative estimate of drug-likeness (QED) is 0.631. The maximum atomic E-state index is 11.0. The van der Waals surface area contributed by atoms with E-state index in [4.69, 9.17) is 0 Å². The average molecular weight is 165 g/mol. The van der Waals surface area contributed by atoms with E-state index < -0.39 is 0 Å². The molecule has 0 bridgehead atoms. The van der Waals surface area contributed by atoms with Gasteiger partial charge < -0.3 is 0 Å². The topological polar surface area (TPSA) is 30.0 Å². The van der Waals surface area contributed by atoms with Crippen LogP contribution in [-0.4, -0.2) is 10.8 Å². The first-order valence-corrected chi connectivity index (χ1v) is 4.29. The van der Waals surface area contributed by atoms with Crippen LogP contribution in [0.2, 0.25) is 0 Å². The van der Waals surface area contributed by atoms with Crippen LogP contribution in [0.1, 0.15) is 37.7 Å². The minimum atomic E-state index is 0.0978. The summed E-state index contributed by atoms with van der Waals surface area (Å²) >= 11 is 0. The van der Waals surface area contributed by atoms with Crippen molar-refractivity contribution in [2.75, 3.05) is 0 Å². The summed E-state index contributed by atoms with van der Waals surface area (Å²) in [5.74, 6) is 0.0978. The van der Waals surface area contributed by atoms with E-state index in [0.717, 1.165) is 0 Å². The Kier molecular flexibility index (Phi) is 5.88. The largest absolute Gasteiger partial charge is 0.292 e. The molecule has 0 radical (unpaired) electrons. The van der Waals surface area contributed by atoms with Crippen LogP contribution in [0.3, 0.4) is 0 Å². The zero-order valence-corrected chi connectivity index (χ0v) is 7.87. The standard InChI is InChI=1S/C8H9NO.C2H6/c1-2-8(10)7-5-3-4-6-9-7;1-2/h3-6H,2H2,1H3;1-2H3. The summed E-state index contributed by atoms with van der Waals surface area (Å²) in [6, 6.07) is 5.34. The van der Waals surface area contributed by atoms with Crippen molar-refractivity contribution in [2.24, 2.45) is 0 Å². The molecule has 0 saturated heterocycles. The van der Waals surface area contributed by atoms with Crippen molar-refractivity contribution in [1.82, 2.24) is 4.98 Å². The second-order valence-corrected chi connectivity index (χ2v) is 1.99. The van der Waals surface area contributed by atoms with Gasteiger partial charge in [-0.1, -0.05) is 26.8 Å². The van der Waals surface area contributed by atoms with Crippen LogP contribution in [0, 0.1) is 0 Å². The second kappa shape index (κ2) is 6.53. The van der Waals surface area contributed by atoms with Crippen LogP contribution in [-0.2, 0) is 0 Å². The number of hydrogen-bond donors (Lipinski definition) is 0. The van der Waals surface area contributed by atoms with Gasteiger partial charge in [-0.15, -0.1) is 0 Å². The number of hydrogen-bond acceptors (Lipinski definition) is 2. The summed E-state index contributed by atoms with van der Waals surface area (Å²) in [5.41, 5.74) is 0.560. The summed E-state index contributed by atoms with van der Waals surface area (Å²) < 4.78 is 0. The van der Waals surface area contributed by atoms with Crippen molar-refractivity contribution < 1.29 is 4.79 Å². The summed E-state index contributed by atoms with van der Waals surface area (Å²) in [5, 5.41) is 0. The molecule has 0 aliphatic rings. The Bertz CT molecular complexity index is 219. The van der Waals surface area contributed by atoms with Crippen molar-refractivity contribution >= 4 is 5.78 Å². The molecule has 0 aliphatic carbocycles. The van der Waals surface area contributed by atoms with E-state index in [1.54, 1.807) is 18.3 Å². The molecule has 0 aromatic carbocycles. The number of nitrogens with zero attached hydrogens (tertiary/aromatic N) is 1. The van der Waals surface area contributed by atoms with Gasteiger partial charge in [-0.2, -0.15) is 0 Å². The first-order chi connectivity index (χ1) is 5.84. The smallest absolute Gasteiger partial charge is 0.180 e. The molecule has 1 heterocycles. The van der Waals surface area contributed by atoms with E-state index in [1.807, 2.05) is 26.8 Å². The highest BCUT2D eigenvalue weighted by Gasteiger charge is 2.00. The molecule has 0 fully saturated rings. The number of pyridine rings is 1. The van der Waals surface area contributed by atoms with Gasteiger partial charge >= 0.3 is 0 Å². The van der Waals surface area contributed by atoms with Gasteiger partial charge in [0.1, 0.15) is 5.69 Å². The lowest BCUT2D eigenvalue weighted by Gasteiger charge is -1.92. The highest BCUT2D eigenvalue weighted by molar-refractivity contribution is 5.93. The Balaban J connectivity index is 0.000000561. The van der Waals surface area contributed by atoms with Gasteiger partial charge in [-0.25, -0.2) is 0 Å². The van der Waals surface area contributed by atoms with E-state index in [9.17, 15) is 4.79 Å². The molecular weight excluding hydrogens is 150 g/mol. The molecule has 0 N–H and O–H groups in total. The van der Waals surface area contributed by atoms with Gasteiger partial charge in [-0.05, 0) is 12.1 Å². The van der Waals surface area contributed by atoms with Crippen LogP contribution < -0.4 is 0 Å². The third-order valence-electron chi connectivity index (χ3n) is 1.27. The third kappa shape index (κ3) is 3.28. The molecule has 0 unspecified atom stereocenters. The molecule has 12 heavy (non-hydrogen) atoms. The maximum Gasteiger partial charge on any atom is 0.180 e. The van der Waals surface area contributed by atoms with Gasteiger partial charge in [-0.3, -0.25) is 9.78 Å². The lowest BCUT2D eigenvalue weighted by Crippen LogP contribution is -1.98. The molecule has 0 atom stereocenters. The minimum Gasteiger partial charge on any atom is -0.292 e. The number of rotatable bonds is 2. The SMILES string of the molecule is CC.CCC(=O)c1ccccn1. The predicted molar refractivity (Wildman–Crippen MR) is 50.2 cm³/mol. The molecule has 1 aromatic rings. The number of Topliss-reactive ketones (excluding diaryl/α,β-unsaturated/α-hetero) is 1. The number of carbonyl (C=O) groups excluding carboxylic acids is 1. The first-order valence-electron chi connectivity index (χ1n) is 4.29. The number of ketones is 1. The van der Waals surface area contributed by atoms with Crippen molar-refractivity contribution in [1.29, 1.82) is 0 Å². The zero-order valence-electron chi connectivity index (χ0n) is 7.87. The van der Waals surface area contributed by atoms with Gasteiger partial charge in [0, 0.05) is 12.6 Å². The third-order valence-corrected chi connectivity index (χ3v) is 1.27.